The van der Waals surface area contributed by atoms with Crippen LogP contribution in [0.3, 0.4) is 0 Å². The van der Waals surface area contributed by atoms with Gasteiger partial charge in [-0.15, -0.1) is 0 Å². The smallest absolute Gasteiger partial charge is 0.314 e. The van der Waals surface area contributed by atoms with Gasteiger partial charge >= 0.3 is 5.97 Å². The molecule has 0 fully saturated rings. The monoisotopic (exact) mass is 176 g/mol. The molecule has 0 N–H and O–H groups in total. The maximum Gasteiger partial charge on any atom is 0.314 e. The molecule has 0 bridgehead atoms. The molecule has 3 heteroatoms. The molecule has 66 valence electrons. The third-order valence-electron chi connectivity index (χ3n) is 1.26. The Bertz CT molecular complexity index is 104. The lowest BCUT2D eigenvalue weighted by atomic mass is 10.2. The predicted molar refractivity (Wildman–Crippen MR) is 48.4 cm³/mol. The highest BCUT2D eigenvalue weighted by atomic mass is 32.2. The van der Waals surface area contributed by atoms with Gasteiger partial charge in [-0.05, 0) is 6.42 Å². The second-order valence-electron chi connectivity index (χ2n) is 2.46. The van der Waals surface area contributed by atoms with Crippen LogP contribution in [0, 0.1) is 0 Å². The van der Waals surface area contributed by atoms with Crippen molar-refractivity contribution in [2.24, 2.45) is 0 Å². The van der Waals surface area contributed by atoms with Crippen molar-refractivity contribution in [2.75, 3.05) is 5.75 Å². The van der Waals surface area contributed by atoms with E-state index in [0.717, 1.165) is 12.2 Å². The highest BCUT2D eigenvalue weighted by Crippen LogP contribution is 2.08. The van der Waals surface area contributed by atoms with Crippen LogP contribution in [0.15, 0.2) is 0 Å². The second kappa shape index (κ2) is 7.92. The Kier molecular flexibility index (Phi) is 7.79. The first kappa shape index (κ1) is 10.8. The number of hydrogen-bond donors (Lipinski definition) is 0. The topological polar surface area (TPSA) is 26.3 Å². The van der Waals surface area contributed by atoms with Crippen molar-refractivity contribution < 1.29 is 8.98 Å². The van der Waals surface area contributed by atoms with E-state index in [1.807, 2.05) is 0 Å². The summed E-state index contributed by atoms with van der Waals surface area (Å²) in [5.74, 6) is 0.727. The Morgan fingerprint density at radius 2 is 2.09 bits per heavy atom. The molecule has 0 spiro atoms. The Balaban J connectivity index is 2.85. The van der Waals surface area contributed by atoms with Gasteiger partial charge in [-0.1, -0.05) is 26.2 Å². The van der Waals surface area contributed by atoms with Crippen LogP contribution in [0.2, 0.25) is 0 Å². The molecule has 0 aliphatic rings. The van der Waals surface area contributed by atoms with Gasteiger partial charge < -0.3 is 4.18 Å². The number of hydrogen-bond acceptors (Lipinski definition) is 3. The van der Waals surface area contributed by atoms with Crippen molar-refractivity contribution in [3.05, 3.63) is 0 Å². The van der Waals surface area contributed by atoms with E-state index < -0.39 is 0 Å². The summed E-state index contributed by atoms with van der Waals surface area (Å²) < 4.78 is 4.70. The standard InChI is InChI=1S/C8H16O2S/c1-3-4-5-6-7-11-10-8(2)9/h3-7H2,1-2H3. The van der Waals surface area contributed by atoms with Gasteiger partial charge in [0.25, 0.3) is 0 Å². The predicted octanol–water partition coefficient (Wildman–Crippen LogP) is 2.78. The van der Waals surface area contributed by atoms with Gasteiger partial charge in [0.15, 0.2) is 0 Å². The summed E-state index contributed by atoms with van der Waals surface area (Å²) in [6.45, 7) is 3.61. The minimum atomic E-state index is -0.203. The average Bonchev–Trinajstić information content (AvgIpc) is 1.96. The van der Waals surface area contributed by atoms with Crippen molar-refractivity contribution in [1.82, 2.24) is 0 Å². The Labute approximate surface area is 72.9 Å². The molecule has 11 heavy (non-hydrogen) atoms. The summed E-state index contributed by atoms with van der Waals surface area (Å²) in [7, 11) is 0. The van der Waals surface area contributed by atoms with Crippen LogP contribution >= 0.6 is 12.0 Å². The van der Waals surface area contributed by atoms with E-state index in [1.165, 1.54) is 38.2 Å². The summed E-state index contributed by atoms with van der Waals surface area (Å²) in [5, 5.41) is 0. The van der Waals surface area contributed by atoms with Gasteiger partial charge in [-0.3, -0.25) is 4.79 Å². The van der Waals surface area contributed by atoms with Crippen LogP contribution in [-0.2, 0) is 8.98 Å². The highest BCUT2D eigenvalue weighted by molar-refractivity contribution is 7.95. The second-order valence-corrected chi connectivity index (χ2v) is 3.27. The molecule has 0 heterocycles. The Morgan fingerprint density at radius 1 is 1.36 bits per heavy atom. The molecule has 0 unspecified atom stereocenters. The van der Waals surface area contributed by atoms with Crippen molar-refractivity contribution in [3.8, 4) is 0 Å². The largest absolute Gasteiger partial charge is 0.392 e. The lowest BCUT2D eigenvalue weighted by molar-refractivity contribution is -0.130. The number of carbonyl (C=O) groups is 1. The molecule has 0 rings (SSSR count). The molecule has 0 amide bonds. The van der Waals surface area contributed by atoms with Gasteiger partial charge in [0.1, 0.15) is 0 Å². The lowest BCUT2D eigenvalue weighted by Gasteiger charge is -1.98. The average molecular weight is 176 g/mol. The third kappa shape index (κ3) is 9.82. The SMILES string of the molecule is CCCCCCSOC(C)=O. The fourth-order valence-corrected chi connectivity index (χ4v) is 1.28. The third-order valence-corrected chi connectivity index (χ3v) is 2.07. The quantitative estimate of drug-likeness (QED) is 0.460. The first-order valence-electron chi connectivity index (χ1n) is 4.07. The summed E-state index contributed by atoms with van der Waals surface area (Å²) >= 11 is 1.26. The summed E-state index contributed by atoms with van der Waals surface area (Å²) in [6, 6.07) is 0. The molecule has 0 aromatic rings. The molecular weight excluding hydrogens is 160 g/mol. The van der Waals surface area contributed by atoms with E-state index in [2.05, 4.69) is 6.92 Å². The van der Waals surface area contributed by atoms with E-state index >= 15 is 0 Å². The molecule has 0 saturated heterocycles. The zero-order valence-electron chi connectivity index (χ0n) is 7.26. The van der Waals surface area contributed by atoms with Crippen LogP contribution in [0.5, 0.6) is 0 Å². The van der Waals surface area contributed by atoms with Crippen LogP contribution in [0.25, 0.3) is 0 Å². The van der Waals surface area contributed by atoms with E-state index in [-0.39, 0.29) is 5.97 Å². The van der Waals surface area contributed by atoms with Crippen LogP contribution < -0.4 is 0 Å². The molecule has 2 nitrogen and oxygen atoms in total. The van der Waals surface area contributed by atoms with Crippen LogP contribution in [-0.4, -0.2) is 11.7 Å². The zero-order valence-corrected chi connectivity index (χ0v) is 8.08. The summed E-state index contributed by atoms with van der Waals surface area (Å²) in [4.78, 5) is 10.3. The zero-order chi connectivity index (χ0) is 8.53. The number of unbranched alkanes of at least 4 members (excludes halogenated alkanes) is 3. The molecule has 0 radical (unpaired) electrons. The minimum Gasteiger partial charge on any atom is -0.392 e. The highest BCUT2D eigenvalue weighted by Gasteiger charge is 1.93. The van der Waals surface area contributed by atoms with Crippen LogP contribution in [0.1, 0.15) is 39.5 Å². The maximum absolute atomic E-state index is 10.3. The van der Waals surface area contributed by atoms with Gasteiger partial charge in [0.2, 0.25) is 0 Å². The molecule has 0 aliphatic heterocycles. The van der Waals surface area contributed by atoms with Crippen molar-refractivity contribution in [1.29, 1.82) is 0 Å². The van der Waals surface area contributed by atoms with E-state index in [4.69, 9.17) is 4.18 Å². The normalized spacial score (nSPS) is 9.64. The van der Waals surface area contributed by atoms with Gasteiger partial charge in [0, 0.05) is 12.7 Å². The van der Waals surface area contributed by atoms with Crippen molar-refractivity contribution in [2.45, 2.75) is 39.5 Å². The molecule has 0 aromatic heterocycles. The summed E-state index contributed by atoms with van der Waals surface area (Å²) in [5.41, 5.74) is 0. The lowest BCUT2D eigenvalue weighted by Crippen LogP contribution is -1.91. The fraction of sp³-hybridized carbons (Fsp3) is 0.875. The first-order chi connectivity index (χ1) is 5.27. The molecule has 0 saturated carbocycles. The number of carbonyl (C=O) groups excluding carboxylic acids is 1. The minimum absolute atomic E-state index is 0.203. The molecule has 0 aromatic carbocycles. The molecule has 0 aliphatic carbocycles. The Hall–Kier alpha value is -0.180. The van der Waals surface area contributed by atoms with Crippen LogP contribution in [0.4, 0.5) is 0 Å². The van der Waals surface area contributed by atoms with Crippen molar-refractivity contribution >= 4 is 18.0 Å². The Morgan fingerprint density at radius 3 is 2.64 bits per heavy atom. The molecular formula is C8H16O2S. The van der Waals surface area contributed by atoms with Gasteiger partial charge in [-0.2, -0.15) is 0 Å². The molecule has 0 atom stereocenters. The maximum atomic E-state index is 10.3. The number of rotatable bonds is 6. The fourth-order valence-electron chi connectivity index (χ4n) is 0.712. The van der Waals surface area contributed by atoms with E-state index in [9.17, 15) is 4.79 Å². The summed E-state index contributed by atoms with van der Waals surface area (Å²) in [6.07, 6.45) is 4.91. The van der Waals surface area contributed by atoms with E-state index in [0.29, 0.717) is 0 Å². The van der Waals surface area contributed by atoms with Crippen molar-refractivity contribution in [3.63, 3.8) is 0 Å². The first-order valence-corrected chi connectivity index (χ1v) is 4.98. The van der Waals surface area contributed by atoms with Gasteiger partial charge in [-0.25, -0.2) is 0 Å². The van der Waals surface area contributed by atoms with E-state index in [1.54, 1.807) is 0 Å². The van der Waals surface area contributed by atoms with Gasteiger partial charge in [0.05, 0.1) is 12.0 Å².